The minimum absolute atomic E-state index is 0.0993. The van der Waals surface area contributed by atoms with Crippen LogP contribution in [-0.4, -0.2) is 14.6 Å². The molecule has 3 aromatic rings. The van der Waals surface area contributed by atoms with Crippen LogP contribution in [-0.2, 0) is 6.18 Å². The van der Waals surface area contributed by atoms with E-state index in [1.54, 1.807) is 12.1 Å². The van der Waals surface area contributed by atoms with Gasteiger partial charge in [-0.15, -0.1) is 11.3 Å². The van der Waals surface area contributed by atoms with Crippen molar-refractivity contribution in [3.63, 3.8) is 0 Å². The summed E-state index contributed by atoms with van der Waals surface area (Å²) in [6.45, 7) is 0. The van der Waals surface area contributed by atoms with Gasteiger partial charge in [-0.2, -0.15) is 18.3 Å². The monoisotopic (exact) mass is 303 g/mol. The number of rotatable bonds is 1. The Labute approximate surface area is 114 Å². The van der Waals surface area contributed by atoms with Crippen LogP contribution in [0.4, 0.5) is 13.2 Å². The summed E-state index contributed by atoms with van der Waals surface area (Å²) in [6.07, 6.45) is -3.08. The van der Waals surface area contributed by atoms with Crippen LogP contribution < -0.4 is 0 Å². The van der Waals surface area contributed by atoms with Crippen molar-refractivity contribution in [2.75, 3.05) is 0 Å². The fourth-order valence-electron chi connectivity index (χ4n) is 1.68. The summed E-state index contributed by atoms with van der Waals surface area (Å²) >= 11 is 7.20. The lowest BCUT2D eigenvalue weighted by Gasteiger charge is -2.07. The number of thiophene rings is 1. The summed E-state index contributed by atoms with van der Waals surface area (Å²) in [4.78, 5) is 4.41. The van der Waals surface area contributed by atoms with Crippen LogP contribution >= 0.6 is 22.9 Å². The van der Waals surface area contributed by atoms with E-state index in [4.69, 9.17) is 11.6 Å². The molecule has 0 aromatic carbocycles. The Morgan fingerprint density at radius 3 is 2.74 bits per heavy atom. The van der Waals surface area contributed by atoms with Gasteiger partial charge in [-0.25, -0.2) is 9.50 Å². The molecular weight excluding hydrogens is 299 g/mol. The highest BCUT2D eigenvalue weighted by Gasteiger charge is 2.34. The molecule has 0 amide bonds. The molecule has 19 heavy (non-hydrogen) atoms. The van der Waals surface area contributed by atoms with Crippen molar-refractivity contribution >= 4 is 28.6 Å². The van der Waals surface area contributed by atoms with E-state index in [1.165, 1.54) is 22.0 Å². The molecule has 0 radical (unpaired) electrons. The first-order valence-corrected chi connectivity index (χ1v) is 6.38. The molecule has 3 nitrogen and oxygen atoms in total. The molecule has 0 aliphatic heterocycles. The molecule has 0 fully saturated rings. The Kier molecular flexibility index (Phi) is 2.75. The average molecular weight is 304 g/mol. The highest BCUT2D eigenvalue weighted by molar-refractivity contribution is 7.13. The van der Waals surface area contributed by atoms with E-state index in [1.807, 2.05) is 5.38 Å². The molecule has 3 aromatic heterocycles. The zero-order valence-electron chi connectivity index (χ0n) is 9.15. The van der Waals surface area contributed by atoms with E-state index in [2.05, 4.69) is 10.1 Å². The normalized spacial score (nSPS) is 12.2. The van der Waals surface area contributed by atoms with Gasteiger partial charge in [-0.1, -0.05) is 17.7 Å². The standard InChI is InChI=1S/C11H5ClF3N3S/c12-9-4-8(11(13,14)15)17-10-6(5-16-18(9)10)7-2-1-3-19-7/h1-5H. The first kappa shape index (κ1) is 12.4. The van der Waals surface area contributed by atoms with Crippen molar-refractivity contribution in [1.82, 2.24) is 14.6 Å². The molecule has 8 heteroatoms. The summed E-state index contributed by atoms with van der Waals surface area (Å²) in [5.41, 5.74) is -0.395. The molecule has 0 spiro atoms. The Bertz CT molecular complexity index is 734. The van der Waals surface area contributed by atoms with Gasteiger partial charge in [0.05, 0.1) is 11.8 Å². The maximum absolute atomic E-state index is 12.7. The van der Waals surface area contributed by atoms with Crippen molar-refractivity contribution in [2.45, 2.75) is 6.18 Å². The lowest BCUT2D eigenvalue weighted by molar-refractivity contribution is -0.141. The second kappa shape index (κ2) is 4.21. The van der Waals surface area contributed by atoms with Gasteiger partial charge >= 0.3 is 6.18 Å². The van der Waals surface area contributed by atoms with Crippen molar-refractivity contribution in [3.05, 3.63) is 40.6 Å². The molecule has 0 saturated carbocycles. The highest BCUT2D eigenvalue weighted by atomic mass is 35.5. The number of fused-ring (bicyclic) bond motifs is 1. The number of hydrogen-bond acceptors (Lipinski definition) is 3. The quantitative estimate of drug-likeness (QED) is 0.633. The number of halogens is 4. The van der Waals surface area contributed by atoms with Gasteiger partial charge in [0.15, 0.2) is 5.65 Å². The third-order valence-corrected chi connectivity index (χ3v) is 3.68. The van der Waals surface area contributed by atoms with Crippen LogP contribution in [0.15, 0.2) is 29.8 Å². The van der Waals surface area contributed by atoms with E-state index in [0.717, 1.165) is 10.9 Å². The van der Waals surface area contributed by atoms with Crippen molar-refractivity contribution in [2.24, 2.45) is 0 Å². The van der Waals surface area contributed by atoms with Crippen LogP contribution in [0.5, 0.6) is 0 Å². The molecule has 0 saturated heterocycles. The third kappa shape index (κ3) is 2.08. The number of hydrogen-bond donors (Lipinski definition) is 0. The van der Waals surface area contributed by atoms with Crippen LogP contribution in [0.2, 0.25) is 5.15 Å². The lowest BCUT2D eigenvalue weighted by atomic mass is 10.3. The zero-order chi connectivity index (χ0) is 13.6. The average Bonchev–Trinajstić information content (AvgIpc) is 2.94. The third-order valence-electron chi connectivity index (χ3n) is 2.51. The summed E-state index contributed by atoms with van der Waals surface area (Å²) in [5.74, 6) is 0. The predicted molar refractivity (Wildman–Crippen MR) is 66.3 cm³/mol. The maximum atomic E-state index is 12.7. The Hall–Kier alpha value is -1.60. The lowest BCUT2D eigenvalue weighted by Crippen LogP contribution is -2.09. The number of nitrogens with zero attached hydrogens (tertiary/aromatic N) is 3. The van der Waals surface area contributed by atoms with Gasteiger partial charge in [-0.3, -0.25) is 0 Å². The molecule has 0 aliphatic carbocycles. The maximum Gasteiger partial charge on any atom is 0.433 e. The van der Waals surface area contributed by atoms with Gasteiger partial charge in [0.1, 0.15) is 10.8 Å². The van der Waals surface area contributed by atoms with Gasteiger partial charge in [0, 0.05) is 10.9 Å². The van der Waals surface area contributed by atoms with E-state index < -0.39 is 11.9 Å². The van der Waals surface area contributed by atoms with Crippen LogP contribution in [0.1, 0.15) is 5.69 Å². The topological polar surface area (TPSA) is 30.2 Å². The number of aromatic nitrogens is 3. The molecule has 0 aliphatic rings. The highest BCUT2D eigenvalue weighted by Crippen LogP contribution is 2.33. The first-order valence-electron chi connectivity index (χ1n) is 5.12. The fourth-order valence-corrected chi connectivity index (χ4v) is 2.64. The van der Waals surface area contributed by atoms with Crippen molar-refractivity contribution in [1.29, 1.82) is 0 Å². The summed E-state index contributed by atoms with van der Waals surface area (Å²) < 4.78 is 39.4. The molecule has 3 heterocycles. The van der Waals surface area contributed by atoms with Gasteiger partial charge < -0.3 is 0 Å². The Morgan fingerprint density at radius 2 is 2.11 bits per heavy atom. The molecule has 98 valence electrons. The summed E-state index contributed by atoms with van der Waals surface area (Å²) in [6, 6.07) is 4.36. The Morgan fingerprint density at radius 1 is 1.32 bits per heavy atom. The second-order valence-corrected chi connectivity index (χ2v) is 5.07. The minimum Gasteiger partial charge on any atom is -0.223 e. The van der Waals surface area contributed by atoms with Gasteiger partial charge in [-0.05, 0) is 11.4 Å². The smallest absolute Gasteiger partial charge is 0.223 e. The van der Waals surface area contributed by atoms with Crippen LogP contribution in [0, 0.1) is 0 Å². The Balaban J connectivity index is 2.30. The minimum atomic E-state index is -4.54. The molecule has 3 rings (SSSR count). The molecular formula is C11H5ClF3N3S. The zero-order valence-corrected chi connectivity index (χ0v) is 10.7. The van der Waals surface area contributed by atoms with Gasteiger partial charge in [0.2, 0.25) is 0 Å². The van der Waals surface area contributed by atoms with E-state index in [9.17, 15) is 13.2 Å². The van der Waals surface area contributed by atoms with Crippen molar-refractivity contribution < 1.29 is 13.2 Å². The summed E-state index contributed by atoms with van der Waals surface area (Å²) in [5, 5.41) is 5.66. The van der Waals surface area contributed by atoms with E-state index >= 15 is 0 Å². The van der Waals surface area contributed by atoms with Crippen LogP contribution in [0.3, 0.4) is 0 Å². The molecule has 0 bridgehead atoms. The molecule has 0 atom stereocenters. The predicted octanol–water partition coefficient (Wildman–Crippen LogP) is 4.13. The first-order chi connectivity index (χ1) is 8.97. The SMILES string of the molecule is FC(F)(F)c1cc(Cl)n2ncc(-c3cccs3)c2n1. The largest absolute Gasteiger partial charge is 0.433 e. The molecule has 0 N–H and O–H groups in total. The van der Waals surface area contributed by atoms with E-state index in [-0.39, 0.29) is 10.8 Å². The van der Waals surface area contributed by atoms with E-state index in [0.29, 0.717) is 5.56 Å². The number of alkyl halides is 3. The summed E-state index contributed by atoms with van der Waals surface area (Å²) in [7, 11) is 0. The van der Waals surface area contributed by atoms with Crippen molar-refractivity contribution in [3.8, 4) is 10.4 Å². The van der Waals surface area contributed by atoms with Crippen LogP contribution in [0.25, 0.3) is 16.1 Å². The second-order valence-electron chi connectivity index (χ2n) is 3.73. The fraction of sp³-hybridized carbons (Fsp3) is 0.0909. The molecule has 0 unspecified atom stereocenters. The van der Waals surface area contributed by atoms with Gasteiger partial charge in [0.25, 0.3) is 0 Å².